The van der Waals surface area contributed by atoms with Crippen LogP contribution in [0.2, 0.25) is 0 Å². The largest absolute Gasteiger partial charge is 0.370 e. The molecule has 1 aliphatic heterocycles. The molecule has 0 N–H and O–H groups in total. The van der Waals surface area contributed by atoms with Gasteiger partial charge in [-0.3, -0.25) is 4.99 Å². The minimum atomic E-state index is -0.924. The molecule has 0 spiro atoms. The fourth-order valence-corrected chi connectivity index (χ4v) is 2.99. The summed E-state index contributed by atoms with van der Waals surface area (Å²) in [5, 5.41) is 18.6. The highest BCUT2D eigenvalue weighted by molar-refractivity contribution is 6.08. The normalized spacial score (nSPS) is 14.1. The van der Waals surface area contributed by atoms with E-state index in [1.54, 1.807) is 19.2 Å². The predicted octanol–water partition coefficient (Wildman–Crippen LogP) is 2.97. The molecule has 5 nitrogen and oxygen atoms in total. The van der Waals surface area contributed by atoms with E-state index in [9.17, 15) is 14.9 Å². The van der Waals surface area contributed by atoms with E-state index in [4.69, 9.17) is 0 Å². The molecule has 0 aliphatic carbocycles. The molecule has 0 amide bonds. The lowest BCUT2D eigenvalue weighted by atomic mass is 10.0. The first-order chi connectivity index (χ1) is 12.2. The lowest BCUT2D eigenvalue weighted by molar-refractivity contribution is 0.615. The standard InChI is InChI=1S/C19H18FN5/c1-23-18(15(11-21)12-22)19-17(24-8-2-9-24)7-10-25(19)13-14-3-5-16(20)6-4-14/h3-7,10,15H,2,8-9,13H2,1H3. The summed E-state index contributed by atoms with van der Waals surface area (Å²) in [6, 6.07) is 12.4. The van der Waals surface area contributed by atoms with Crippen molar-refractivity contribution >= 4 is 11.4 Å². The van der Waals surface area contributed by atoms with Crippen molar-refractivity contribution in [1.29, 1.82) is 10.5 Å². The van der Waals surface area contributed by atoms with Gasteiger partial charge in [0.05, 0.1) is 29.2 Å². The number of rotatable bonds is 5. The Bertz CT molecular complexity index is 849. The first-order valence-electron chi connectivity index (χ1n) is 8.12. The molecule has 0 saturated carbocycles. The second-order valence-electron chi connectivity index (χ2n) is 5.94. The summed E-state index contributed by atoms with van der Waals surface area (Å²) in [5.74, 6) is -1.20. The molecule has 1 aromatic heterocycles. The number of aromatic nitrogens is 1. The van der Waals surface area contributed by atoms with Crippen molar-refractivity contribution in [2.75, 3.05) is 25.0 Å². The number of nitrogens with zero attached hydrogens (tertiary/aromatic N) is 5. The molecule has 6 heteroatoms. The van der Waals surface area contributed by atoms with Crippen LogP contribution in [0.15, 0.2) is 41.5 Å². The van der Waals surface area contributed by atoms with Crippen molar-refractivity contribution in [3.05, 3.63) is 53.6 Å². The number of hydrogen-bond acceptors (Lipinski definition) is 4. The molecule has 1 saturated heterocycles. The van der Waals surface area contributed by atoms with E-state index < -0.39 is 5.92 Å². The summed E-state index contributed by atoms with van der Waals surface area (Å²) in [4.78, 5) is 6.47. The summed E-state index contributed by atoms with van der Waals surface area (Å²) in [5.41, 5.74) is 3.19. The van der Waals surface area contributed by atoms with Gasteiger partial charge in [0.15, 0.2) is 5.92 Å². The summed E-state index contributed by atoms with van der Waals surface area (Å²) in [7, 11) is 1.60. The van der Waals surface area contributed by atoms with Crippen molar-refractivity contribution in [2.24, 2.45) is 10.9 Å². The molecule has 0 atom stereocenters. The fourth-order valence-electron chi connectivity index (χ4n) is 2.99. The Hall–Kier alpha value is -3.12. The summed E-state index contributed by atoms with van der Waals surface area (Å²) in [6.07, 6.45) is 3.06. The number of benzene rings is 1. The highest BCUT2D eigenvalue weighted by Gasteiger charge is 2.27. The maximum Gasteiger partial charge on any atom is 0.176 e. The molecule has 1 fully saturated rings. The van der Waals surface area contributed by atoms with Crippen molar-refractivity contribution in [1.82, 2.24) is 4.57 Å². The smallest absolute Gasteiger partial charge is 0.176 e. The first-order valence-corrected chi connectivity index (χ1v) is 8.12. The minimum Gasteiger partial charge on any atom is -0.370 e. The Morgan fingerprint density at radius 3 is 2.40 bits per heavy atom. The molecule has 2 aromatic rings. The summed E-state index contributed by atoms with van der Waals surface area (Å²) in [6.45, 7) is 2.43. The highest BCUT2D eigenvalue weighted by atomic mass is 19.1. The molecule has 1 aliphatic rings. The zero-order valence-electron chi connectivity index (χ0n) is 14.0. The molecule has 126 valence electrons. The van der Waals surface area contributed by atoms with Gasteiger partial charge in [0.2, 0.25) is 0 Å². The van der Waals surface area contributed by atoms with Crippen LogP contribution in [0.25, 0.3) is 0 Å². The average molecular weight is 335 g/mol. The molecule has 0 radical (unpaired) electrons. The number of aliphatic imine (C=N–C) groups is 1. The van der Waals surface area contributed by atoms with Crippen molar-refractivity contribution < 1.29 is 4.39 Å². The van der Waals surface area contributed by atoms with Gasteiger partial charge in [-0.15, -0.1) is 0 Å². The number of hydrogen-bond donors (Lipinski definition) is 0. The molecule has 25 heavy (non-hydrogen) atoms. The Morgan fingerprint density at radius 1 is 1.20 bits per heavy atom. The van der Waals surface area contributed by atoms with Crippen LogP contribution in [0.4, 0.5) is 10.1 Å². The number of anilines is 1. The van der Waals surface area contributed by atoms with Crippen LogP contribution < -0.4 is 4.90 Å². The molecule has 0 bridgehead atoms. The van der Waals surface area contributed by atoms with E-state index in [0.29, 0.717) is 12.3 Å². The number of halogens is 1. The van der Waals surface area contributed by atoms with Crippen LogP contribution in [-0.4, -0.2) is 30.4 Å². The predicted molar refractivity (Wildman–Crippen MR) is 93.9 cm³/mol. The van der Waals surface area contributed by atoms with Crippen LogP contribution >= 0.6 is 0 Å². The van der Waals surface area contributed by atoms with Gasteiger partial charge in [0.1, 0.15) is 5.82 Å². The zero-order valence-corrected chi connectivity index (χ0v) is 14.0. The second-order valence-corrected chi connectivity index (χ2v) is 5.94. The van der Waals surface area contributed by atoms with Crippen LogP contribution in [0.3, 0.4) is 0 Å². The van der Waals surface area contributed by atoms with E-state index >= 15 is 0 Å². The SMILES string of the molecule is CN=C(c1c(N2CCC2)ccn1Cc1ccc(F)cc1)C(C#N)C#N. The van der Waals surface area contributed by atoms with Crippen molar-refractivity contribution in [2.45, 2.75) is 13.0 Å². The van der Waals surface area contributed by atoms with Gasteiger partial charge in [0.25, 0.3) is 0 Å². The quantitative estimate of drug-likeness (QED) is 0.789. The van der Waals surface area contributed by atoms with Gasteiger partial charge in [-0.2, -0.15) is 10.5 Å². The Balaban J connectivity index is 2.04. The van der Waals surface area contributed by atoms with Gasteiger partial charge in [-0.1, -0.05) is 12.1 Å². The van der Waals surface area contributed by atoms with Gasteiger partial charge in [-0.25, -0.2) is 4.39 Å². The Morgan fingerprint density at radius 2 is 1.88 bits per heavy atom. The van der Waals surface area contributed by atoms with Gasteiger partial charge in [-0.05, 0) is 30.2 Å². The monoisotopic (exact) mass is 335 g/mol. The van der Waals surface area contributed by atoms with Gasteiger partial charge in [0, 0.05) is 32.9 Å². The number of nitriles is 2. The lowest BCUT2D eigenvalue weighted by Crippen LogP contribution is -2.38. The minimum absolute atomic E-state index is 0.275. The van der Waals surface area contributed by atoms with Crippen LogP contribution in [0, 0.1) is 34.4 Å². The van der Waals surface area contributed by atoms with Crippen LogP contribution in [0.5, 0.6) is 0 Å². The van der Waals surface area contributed by atoms with Crippen molar-refractivity contribution in [3.63, 3.8) is 0 Å². The molecular weight excluding hydrogens is 317 g/mol. The molecule has 3 rings (SSSR count). The maximum atomic E-state index is 13.1. The maximum absolute atomic E-state index is 13.1. The van der Waals surface area contributed by atoms with E-state index in [1.807, 2.05) is 29.0 Å². The third-order valence-corrected chi connectivity index (χ3v) is 4.42. The summed E-state index contributed by atoms with van der Waals surface area (Å²) < 4.78 is 15.1. The lowest BCUT2D eigenvalue weighted by Gasteiger charge is -2.33. The molecule has 2 heterocycles. The van der Waals surface area contributed by atoms with Crippen LogP contribution in [0.1, 0.15) is 17.7 Å². The fraction of sp³-hybridized carbons (Fsp3) is 0.316. The van der Waals surface area contributed by atoms with E-state index in [1.165, 1.54) is 12.1 Å². The third kappa shape index (κ3) is 3.25. The van der Waals surface area contributed by atoms with Crippen molar-refractivity contribution in [3.8, 4) is 12.1 Å². The second kappa shape index (κ2) is 7.19. The zero-order chi connectivity index (χ0) is 17.8. The summed E-state index contributed by atoms with van der Waals surface area (Å²) >= 11 is 0. The van der Waals surface area contributed by atoms with E-state index in [2.05, 4.69) is 9.89 Å². The molecule has 0 unspecified atom stereocenters. The van der Waals surface area contributed by atoms with Gasteiger partial charge < -0.3 is 9.47 Å². The van der Waals surface area contributed by atoms with Crippen LogP contribution in [-0.2, 0) is 6.54 Å². The van der Waals surface area contributed by atoms with E-state index in [0.717, 1.165) is 36.5 Å². The van der Waals surface area contributed by atoms with E-state index in [-0.39, 0.29) is 5.82 Å². The highest BCUT2D eigenvalue weighted by Crippen LogP contribution is 2.29. The molecular formula is C19H18FN5. The van der Waals surface area contributed by atoms with Gasteiger partial charge >= 0.3 is 0 Å². The third-order valence-electron chi connectivity index (χ3n) is 4.42. The first kappa shape index (κ1) is 16.7. The average Bonchev–Trinajstić information content (AvgIpc) is 2.96. The molecule has 1 aromatic carbocycles. The Kier molecular flexibility index (Phi) is 4.81. The topological polar surface area (TPSA) is 68.1 Å². The Labute approximate surface area is 146 Å².